The van der Waals surface area contributed by atoms with Crippen LogP contribution in [0.5, 0.6) is 0 Å². The summed E-state index contributed by atoms with van der Waals surface area (Å²) in [5.41, 5.74) is 3.45. The van der Waals surface area contributed by atoms with Crippen molar-refractivity contribution in [1.29, 1.82) is 0 Å². The van der Waals surface area contributed by atoms with Crippen molar-refractivity contribution in [2.24, 2.45) is 5.92 Å². The van der Waals surface area contributed by atoms with Crippen molar-refractivity contribution in [3.05, 3.63) is 63.1 Å². The molecule has 1 saturated heterocycles. The molecule has 2 aromatic rings. The number of rotatable bonds is 5. The summed E-state index contributed by atoms with van der Waals surface area (Å²) in [5, 5.41) is 3.67. The molecule has 0 radical (unpaired) electrons. The number of benzene rings is 2. The lowest BCUT2D eigenvalue weighted by atomic mass is 9.98. The minimum Gasteiger partial charge on any atom is -0.326 e. The molecule has 1 atom stereocenters. The Bertz CT molecular complexity index is 1020. The molecule has 156 valence electrons. The number of carbonyl (C=O) groups is 1. The van der Waals surface area contributed by atoms with Crippen LogP contribution >= 0.6 is 23.2 Å². The van der Waals surface area contributed by atoms with Crippen LogP contribution in [0.4, 0.5) is 5.69 Å². The molecule has 0 aromatic heterocycles. The van der Waals surface area contributed by atoms with Gasteiger partial charge in [0.2, 0.25) is 15.9 Å². The third-order valence-corrected chi connectivity index (χ3v) is 7.90. The molecule has 1 aliphatic heterocycles. The molecule has 0 unspecified atom stereocenters. The first-order valence-electron chi connectivity index (χ1n) is 9.46. The normalized spacial score (nSPS) is 17.9. The number of carbonyl (C=O) groups excluding carboxylic acids is 1. The lowest BCUT2D eigenvalue weighted by Crippen LogP contribution is -2.44. The fraction of sp³-hybridized carbons (Fsp3) is 0.381. The first-order valence-corrected chi connectivity index (χ1v) is 11.8. The van der Waals surface area contributed by atoms with Crippen molar-refractivity contribution >= 4 is 44.8 Å². The van der Waals surface area contributed by atoms with Gasteiger partial charge in [0.25, 0.3) is 0 Å². The number of nitrogens with one attached hydrogen (secondary N) is 1. The highest BCUT2D eigenvalue weighted by Crippen LogP contribution is 2.27. The second kappa shape index (κ2) is 9.04. The van der Waals surface area contributed by atoms with E-state index in [0.29, 0.717) is 35.0 Å². The van der Waals surface area contributed by atoms with Crippen LogP contribution in [0, 0.1) is 19.8 Å². The predicted molar refractivity (Wildman–Crippen MR) is 118 cm³/mol. The van der Waals surface area contributed by atoms with Crippen LogP contribution in [0.3, 0.4) is 0 Å². The van der Waals surface area contributed by atoms with Gasteiger partial charge in [0.05, 0.1) is 21.7 Å². The second-order valence-corrected chi connectivity index (χ2v) is 10.2. The zero-order chi connectivity index (χ0) is 21.2. The average molecular weight is 455 g/mol. The van der Waals surface area contributed by atoms with Crippen molar-refractivity contribution in [2.75, 3.05) is 18.4 Å². The van der Waals surface area contributed by atoms with Crippen LogP contribution in [0.2, 0.25) is 10.0 Å². The van der Waals surface area contributed by atoms with Crippen LogP contribution < -0.4 is 5.32 Å². The topological polar surface area (TPSA) is 66.5 Å². The van der Waals surface area contributed by atoms with Crippen LogP contribution in [-0.2, 0) is 20.6 Å². The van der Waals surface area contributed by atoms with E-state index in [1.54, 1.807) is 18.2 Å². The Labute approximate surface area is 182 Å². The first-order chi connectivity index (χ1) is 13.7. The lowest BCUT2D eigenvalue weighted by Gasteiger charge is -2.31. The van der Waals surface area contributed by atoms with E-state index in [1.165, 1.54) is 4.31 Å². The molecular weight excluding hydrogens is 431 g/mol. The maximum Gasteiger partial charge on any atom is 0.228 e. The van der Waals surface area contributed by atoms with Gasteiger partial charge in [0, 0.05) is 18.8 Å². The van der Waals surface area contributed by atoms with Crippen molar-refractivity contribution in [3.63, 3.8) is 0 Å². The molecular formula is C21H24Cl2N2O3S. The molecule has 0 spiro atoms. The molecule has 1 aliphatic rings. The SMILES string of the molecule is Cc1cccc(NC(=O)[C@@H]2CCCN(S(=O)(=O)Cc3ccc(Cl)c(Cl)c3)C2)c1C. The van der Waals surface area contributed by atoms with Gasteiger partial charge in [-0.3, -0.25) is 4.79 Å². The summed E-state index contributed by atoms with van der Waals surface area (Å²) in [6, 6.07) is 10.6. The summed E-state index contributed by atoms with van der Waals surface area (Å²) >= 11 is 11.9. The van der Waals surface area contributed by atoms with E-state index < -0.39 is 10.0 Å². The summed E-state index contributed by atoms with van der Waals surface area (Å²) < 4.78 is 27.2. The fourth-order valence-electron chi connectivity index (χ4n) is 3.46. The molecule has 2 aromatic carbocycles. The van der Waals surface area contributed by atoms with Crippen molar-refractivity contribution in [2.45, 2.75) is 32.4 Å². The monoisotopic (exact) mass is 454 g/mol. The fourth-order valence-corrected chi connectivity index (χ4v) is 5.38. The number of nitrogens with zero attached hydrogens (tertiary/aromatic N) is 1. The second-order valence-electron chi connectivity index (χ2n) is 7.44. The van der Waals surface area contributed by atoms with Gasteiger partial charge in [-0.05, 0) is 61.6 Å². The predicted octanol–water partition coefficient (Wildman–Crippen LogP) is 4.79. The number of sulfonamides is 1. The molecule has 0 bridgehead atoms. The molecule has 0 aliphatic carbocycles. The Balaban J connectivity index is 1.69. The van der Waals surface area contributed by atoms with Crippen molar-refractivity contribution in [1.82, 2.24) is 4.31 Å². The smallest absolute Gasteiger partial charge is 0.228 e. The largest absolute Gasteiger partial charge is 0.326 e. The van der Waals surface area contributed by atoms with Gasteiger partial charge in [-0.2, -0.15) is 0 Å². The van der Waals surface area contributed by atoms with E-state index >= 15 is 0 Å². The van der Waals surface area contributed by atoms with Gasteiger partial charge in [-0.25, -0.2) is 12.7 Å². The highest BCUT2D eigenvalue weighted by atomic mass is 35.5. The maximum absolute atomic E-state index is 12.9. The quantitative estimate of drug-likeness (QED) is 0.705. The summed E-state index contributed by atoms with van der Waals surface area (Å²) in [4.78, 5) is 12.8. The Morgan fingerprint density at radius 2 is 1.93 bits per heavy atom. The van der Waals surface area contributed by atoms with Gasteiger partial charge in [-0.15, -0.1) is 0 Å². The Morgan fingerprint density at radius 3 is 2.66 bits per heavy atom. The third kappa shape index (κ3) is 5.31. The highest BCUT2D eigenvalue weighted by molar-refractivity contribution is 7.88. The number of hydrogen-bond donors (Lipinski definition) is 1. The zero-order valence-electron chi connectivity index (χ0n) is 16.4. The molecule has 0 saturated carbocycles. The van der Waals surface area contributed by atoms with Gasteiger partial charge in [-0.1, -0.05) is 41.4 Å². The summed E-state index contributed by atoms with van der Waals surface area (Å²) in [7, 11) is -3.57. The molecule has 3 rings (SSSR count). The van der Waals surface area contributed by atoms with Crippen LogP contribution in [-0.4, -0.2) is 31.7 Å². The van der Waals surface area contributed by atoms with Gasteiger partial charge in [0.1, 0.15) is 0 Å². The number of hydrogen-bond acceptors (Lipinski definition) is 3. The first kappa shape index (κ1) is 22.1. The molecule has 29 heavy (non-hydrogen) atoms. The number of amides is 1. The Kier molecular flexibility index (Phi) is 6.89. The Morgan fingerprint density at radius 1 is 1.17 bits per heavy atom. The van der Waals surface area contributed by atoms with E-state index in [2.05, 4.69) is 5.32 Å². The number of piperidine rings is 1. The molecule has 1 N–H and O–H groups in total. The summed E-state index contributed by atoms with van der Waals surface area (Å²) in [6.07, 6.45) is 1.31. The van der Waals surface area contributed by atoms with Crippen molar-refractivity contribution < 1.29 is 13.2 Å². The highest BCUT2D eigenvalue weighted by Gasteiger charge is 2.32. The molecule has 5 nitrogen and oxygen atoms in total. The molecule has 8 heteroatoms. The van der Waals surface area contributed by atoms with Crippen LogP contribution in [0.25, 0.3) is 0 Å². The van der Waals surface area contributed by atoms with Crippen molar-refractivity contribution in [3.8, 4) is 0 Å². The minimum absolute atomic E-state index is 0.145. The van der Waals surface area contributed by atoms with E-state index in [0.717, 1.165) is 16.8 Å². The van der Waals surface area contributed by atoms with Crippen LogP contribution in [0.1, 0.15) is 29.5 Å². The number of aryl methyl sites for hydroxylation is 1. The number of halogens is 2. The zero-order valence-corrected chi connectivity index (χ0v) is 18.7. The van der Waals surface area contributed by atoms with Gasteiger partial charge < -0.3 is 5.32 Å². The molecule has 1 fully saturated rings. The number of anilines is 1. The van der Waals surface area contributed by atoms with E-state index in [4.69, 9.17) is 23.2 Å². The molecule has 1 heterocycles. The maximum atomic E-state index is 12.9. The lowest BCUT2D eigenvalue weighted by molar-refractivity contribution is -0.120. The van der Waals surface area contributed by atoms with Gasteiger partial charge >= 0.3 is 0 Å². The van der Waals surface area contributed by atoms with Gasteiger partial charge in [0.15, 0.2) is 0 Å². The minimum atomic E-state index is -3.57. The van der Waals surface area contributed by atoms with E-state index in [9.17, 15) is 13.2 Å². The Hall–Kier alpha value is -1.60. The summed E-state index contributed by atoms with van der Waals surface area (Å²) in [5.74, 6) is -0.699. The van der Waals surface area contributed by atoms with Crippen LogP contribution in [0.15, 0.2) is 36.4 Å². The average Bonchev–Trinajstić information content (AvgIpc) is 2.68. The summed E-state index contributed by atoms with van der Waals surface area (Å²) in [6.45, 7) is 4.54. The third-order valence-electron chi connectivity index (χ3n) is 5.34. The van der Waals surface area contributed by atoms with E-state index in [-0.39, 0.29) is 24.1 Å². The molecule has 1 amide bonds. The van der Waals surface area contributed by atoms with E-state index in [1.807, 2.05) is 32.0 Å². The standard InChI is InChI=1S/C21H24Cl2N2O3S/c1-14-5-3-7-20(15(14)2)24-21(26)17-6-4-10-25(12-17)29(27,28)13-16-8-9-18(22)19(23)11-16/h3,5,7-9,11,17H,4,6,10,12-13H2,1-2H3,(H,24,26)/t17-/m1/s1.